The molecule has 0 spiro atoms. The normalized spacial score (nSPS) is 9.61. The lowest BCUT2D eigenvalue weighted by atomic mass is 10.2. The summed E-state index contributed by atoms with van der Waals surface area (Å²) in [5, 5.41) is 9.14. The molecule has 0 saturated carbocycles. The number of methoxy groups -OCH3 is 1. The van der Waals surface area contributed by atoms with Crippen LogP contribution in [0.2, 0.25) is 0 Å². The fraction of sp³-hybridized carbons (Fsp3) is 0.0714. The summed E-state index contributed by atoms with van der Waals surface area (Å²) < 4.78 is 11.8. The predicted octanol–water partition coefficient (Wildman–Crippen LogP) is 4.12. The number of benzene rings is 2. The van der Waals surface area contributed by atoms with E-state index in [9.17, 15) is 0 Å². The van der Waals surface area contributed by atoms with E-state index in [1.54, 1.807) is 18.2 Å². The highest BCUT2D eigenvalue weighted by Crippen LogP contribution is 2.31. The Morgan fingerprint density at radius 1 is 1.06 bits per heavy atom. The highest BCUT2D eigenvalue weighted by molar-refractivity contribution is 9.10. The van der Waals surface area contributed by atoms with E-state index in [1.807, 2.05) is 24.3 Å². The maximum absolute atomic E-state index is 9.14. The standard InChI is InChI=1S/C14H10BrNO2/c1-17-13-3-2-4-14(12(13)9-16)18-11-7-5-10(15)6-8-11/h2-8H,1H3. The molecule has 0 atom stereocenters. The second kappa shape index (κ2) is 5.56. The summed E-state index contributed by atoms with van der Waals surface area (Å²) in [5.41, 5.74) is 0.392. The molecule has 4 heteroatoms. The molecular weight excluding hydrogens is 294 g/mol. The van der Waals surface area contributed by atoms with Gasteiger partial charge in [0.05, 0.1) is 7.11 Å². The number of rotatable bonds is 3. The van der Waals surface area contributed by atoms with Crippen LogP contribution in [0.25, 0.3) is 0 Å². The van der Waals surface area contributed by atoms with Gasteiger partial charge >= 0.3 is 0 Å². The average Bonchev–Trinajstić information content (AvgIpc) is 2.41. The van der Waals surface area contributed by atoms with Crippen LogP contribution in [0, 0.1) is 11.3 Å². The molecule has 0 fully saturated rings. The number of halogens is 1. The number of ether oxygens (including phenoxy) is 2. The van der Waals surface area contributed by atoms with Crippen LogP contribution in [-0.2, 0) is 0 Å². The largest absolute Gasteiger partial charge is 0.495 e. The lowest BCUT2D eigenvalue weighted by Crippen LogP contribution is -1.92. The molecule has 0 amide bonds. The van der Waals surface area contributed by atoms with Crippen LogP contribution in [0.4, 0.5) is 0 Å². The number of nitrogens with zero attached hydrogens (tertiary/aromatic N) is 1. The maximum atomic E-state index is 9.14. The second-order valence-corrected chi connectivity index (χ2v) is 4.42. The monoisotopic (exact) mass is 303 g/mol. The van der Waals surface area contributed by atoms with Crippen molar-refractivity contribution in [3.63, 3.8) is 0 Å². The SMILES string of the molecule is COc1cccc(Oc2ccc(Br)cc2)c1C#N. The van der Waals surface area contributed by atoms with Crippen LogP contribution in [0.1, 0.15) is 5.56 Å². The van der Waals surface area contributed by atoms with Gasteiger partial charge in [0.1, 0.15) is 28.9 Å². The van der Waals surface area contributed by atoms with Crippen LogP contribution in [-0.4, -0.2) is 7.11 Å². The van der Waals surface area contributed by atoms with Crippen LogP contribution < -0.4 is 9.47 Å². The van der Waals surface area contributed by atoms with Gasteiger partial charge in [-0.2, -0.15) is 5.26 Å². The molecule has 0 saturated heterocycles. The zero-order valence-electron chi connectivity index (χ0n) is 9.68. The van der Waals surface area contributed by atoms with E-state index < -0.39 is 0 Å². The fourth-order valence-electron chi connectivity index (χ4n) is 1.51. The smallest absolute Gasteiger partial charge is 0.148 e. The number of hydrogen-bond acceptors (Lipinski definition) is 3. The van der Waals surface area contributed by atoms with Gasteiger partial charge in [-0.25, -0.2) is 0 Å². The molecule has 90 valence electrons. The van der Waals surface area contributed by atoms with Crippen molar-refractivity contribution in [2.45, 2.75) is 0 Å². The van der Waals surface area contributed by atoms with Crippen molar-refractivity contribution in [3.8, 4) is 23.3 Å². The Morgan fingerprint density at radius 2 is 1.72 bits per heavy atom. The van der Waals surface area contributed by atoms with Crippen LogP contribution in [0.15, 0.2) is 46.9 Å². The van der Waals surface area contributed by atoms with Crippen molar-refractivity contribution in [3.05, 3.63) is 52.5 Å². The predicted molar refractivity (Wildman–Crippen MR) is 71.9 cm³/mol. The van der Waals surface area contributed by atoms with Gasteiger partial charge in [0.15, 0.2) is 0 Å². The molecule has 18 heavy (non-hydrogen) atoms. The summed E-state index contributed by atoms with van der Waals surface area (Å²) in [5.74, 6) is 1.66. The second-order valence-electron chi connectivity index (χ2n) is 3.50. The van der Waals surface area contributed by atoms with E-state index >= 15 is 0 Å². The van der Waals surface area contributed by atoms with Crippen LogP contribution >= 0.6 is 15.9 Å². The van der Waals surface area contributed by atoms with Gasteiger partial charge in [0, 0.05) is 4.47 Å². The van der Waals surface area contributed by atoms with Gasteiger partial charge < -0.3 is 9.47 Å². The molecule has 0 radical (unpaired) electrons. The van der Waals surface area contributed by atoms with Crippen molar-refractivity contribution in [2.24, 2.45) is 0 Å². The summed E-state index contributed by atoms with van der Waals surface area (Å²) in [6.45, 7) is 0. The number of nitriles is 1. The first kappa shape index (κ1) is 12.5. The van der Waals surface area contributed by atoms with Crippen molar-refractivity contribution in [1.82, 2.24) is 0 Å². The summed E-state index contributed by atoms with van der Waals surface area (Å²) in [4.78, 5) is 0. The van der Waals surface area contributed by atoms with Gasteiger partial charge in [-0.15, -0.1) is 0 Å². The third-order valence-electron chi connectivity index (χ3n) is 2.36. The quantitative estimate of drug-likeness (QED) is 0.856. The molecular formula is C14H10BrNO2. The number of hydrogen-bond donors (Lipinski definition) is 0. The van der Waals surface area contributed by atoms with Gasteiger partial charge in [-0.05, 0) is 36.4 Å². The van der Waals surface area contributed by atoms with Crippen molar-refractivity contribution >= 4 is 15.9 Å². The Labute approximate surface area is 114 Å². The summed E-state index contributed by atoms with van der Waals surface area (Å²) >= 11 is 3.35. The molecule has 0 unspecified atom stereocenters. The zero-order valence-corrected chi connectivity index (χ0v) is 11.3. The molecule has 2 aromatic carbocycles. The van der Waals surface area contributed by atoms with Crippen LogP contribution in [0.3, 0.4) is 0 Å². The minimum absolute atomic E-state index is 0.392. The Morgan fingerprint density at radius 3 is 2.33 bits per heavy atom. The highest BCUT2D eigenvalue weighted by atomic mass is 79.9. The lowest BCUT2D eigenvalue weighted by molar-refractivity contribution is 0.407. The molecule has 0 aliphatic heterocycles. The molecule has 2 aromatic rings. The fourth-order valence-corrected chi connectivity index (χ4v) is 1.77. The Balaban J connectivity index is 2.35. The van der Waals surface area contributed by atoms with Crippen molar-refractivity contribution in [1.29, 1.82) is 5.26 Å². The molecule has 0 aliphatic carbocycles. The van der Waals surface area contributed by atoms with E-state index in [1.165, 1.54) is 7.11 Å². The van der Waals surface area contributed by atoms with E-state index in [-0.39, 0.29) is 0 Å². The zero-order chi connectivity index (χ0) is 13.0. The molecule has 0 N–H and O–H groups in total. The van der Waals surface area contributed by atoms with Crippen molar-refractivity contribution in [2.75, 3.05) is 7.11 Å². The van der Waals surface area contributed by atoms with E-state index in [2.05, 4.69) is 22.0 Å². The van der Waals surface area contributed by atoms with Gasteiger partial charge in [-0.1, -0.05) is 22.0 Å². The molecule has 0 aliphatic rings. The topological polar surface area (TPSA) is 42.2 Å². The van der Waals surface area contributed by atoms with E-state index in [0.29, 0.717) is 22.8 Å². The Hall–Kier alpha value is -1.99. The van der Waals surface area contributed by atoms with Crippen molar-refractivity contribution < 1.29 is 9.47 Å². The van der Waals surface area contributed by atoms with Gasteiger partial charge in [0.25, 0.3) is 0 Å². The summed E-state index contributed by atoms with van der Waals surface area (Å²) in [6.07, 6.45) is 0. The van der Waals surface area contributed by atoms with Crippen LogP contribution in [0.5, 0.6) is 17.2 Å². The highest BCUT2D eigenvalue weighted by Gasteiger charge is 2.10. The first-order valence-corrected chi connectivity index (χ1v) is 6.04. The molecule has 0 heterocycles. The maximum Gasteiger partial charge on any atom is 0.148 e. The molecule has 0 aromatic heterocycles. The third-order valence-corrected chi connectivity index (χ3v) is 2.89. The summed E-state index contributed by atoms with van der Waals surface area (Å²) in [7, 11) is 1.53. The first-order chi connectivity index (χ1) is 8.74. The summed E-state index contributed by atoms with van der Waals surface area (Å²) in [6, 6.07) is 14.7. The van der Waals surface area contributed by atoms with Gasteiger partial charge in [0.2, 0.25) is 0 Å². The Kier molecular flexibility index (Phi) is 3.85. The molecule has 0 bridgehead atoms. The molecule has 3 nitrogen and oxygen atoms in total. The lowest BCUT2D eigenvalue weighted by Gasteiger charge is -2.09. The first-order valence-electron chi connectivity index (χ1n) is 5.25. The van der Waals surface area contributed by atoms with Gasteiger partial charge in [-0.3, -0.25) is 0 Å². The third kappa shape index (κ3) is 2.63. The van der Waals surface area contributed by atoms with E-state index in [0.717, 1.165) is 4.47 Å². The molecule has 2 rings (SSSR count). The minimum Gasteiger partial charge on any atom is -0.495 e. The Bertz CT molecular complexity index is 588. The average molecular weight is 304 g/mol. The van der Waals surface area contributed by atoms with E-state index in [4.69, 9.17) is 14.7 Å². The minimum atomic E-state index is 0.392.